The van der Waals surface area contributed by atoms with E-state index >= 15 is 0 Å². The van der Waals surface area contributed by atoms with Crippen molar-refractivity contribution in [1.29, 1.82) is 0 Å². The second-order valence-corrected chi connectivity index (χ2v) is 5.44. The van der Waals surface area contributed by atoms with Gasteiger partial charge in [-0.3, -0.25) is 4.79 Å². The normalized spacial score (nSPS) is 10.1. The first-order valence-electron chi connectivity index (χ1n) is 6.37. The molecule has 1 aromatic carbocycles. The third-order valence-electron chi connectivity index (χ3n) is 2.72. The van der Waals surface area contributed by atoms with Crippen LogP contribution in [0.3, 0.4) is 0 Å². The Bertz CT molecular complexity index is 636. The minimum Gasteiger partial charge on any atom is -0.493 e. The van der Waals surface area contributed by atoms with Gasteiger partial charge in [0.1, 0.15) is 10.6 Å². The number of nitrogens with one attached hydrogen (secondary N) is 1. The number of aromatic carboxylic acids is 1. The Morgan fingerprint density at radius 3 is 2.62 bits per heavy atom. The second-order valence-electron chi connectivity index (χ2n) is 4.39. The van der Waals surface area contributed by atoms with Crippen molar-refractivity contribution in [2.75, 3.05) is 11.9 Å². The van der Waals surface area contributed by atoms with E-state index in [0.717, 1.165) is 11.3 Å². The van der Waals surface area contributed by atoms with Gasteiger partial charge in [-0.1, -0.05) is 18.2 Å². The highest BCUT2D eigenvalue weighted by Gasteiger charge is 2.13. The zero-order valence-corrected chi connectivity index (χ0v) is 12.3. The van der Waals surface area contributed by atoms with Gasteiger partial charge in [-0.15, -0.1) is 11.3 Å². The molecule has 1 aromatic heterocycles. The average Bonchev–Trinajstić information content (AvgIpc) is 2.81. The molecule has 110 valence electrons. The Labute approximate surface area is 126 Å². The molecule has 0 aliphatic rings. The van der Waals surface area contributed by atoms with Gasteiger partial charge in [0.25, 0.3) is 0 Å². The molecule has 0 aliphatic heterocycles. The lowest BCUT2D eigenvalue weighted by Crippen LogP contribution is -2.14. The first kappa shape index (κ1) is 15.1. The quantitative estimate of drug-likeness (QED) is 0.859. The van der Waals surface area contributed by atoms with E-state index in [-0.39, 0.29) is 23.8 Å². The summed E-state index contributed by atoms with van der Waals surface area (Å²) in [4.78, 5) is 22.9. The summed E-state index contributed by atoms with van der Waals surface area (Å²) >= 11 is 1.05. The maximum atomic E-state index is 11.8. The summed E-state index contributed by atoms with van der Waals surface area (Å²) in [6, 6.07) is 10.9. The maximum absolute atomic E-state index is 11.8. The third kappa shape index (κ3) is 4.32. The van der Waals surface area contributed by atoms with Crippen LogP contribution in [0.4, 0.5) is 5.00 Å². The molecule has 0 fully saturated rings. The van der Waals surface area contributed by atoms with Gasteiger partial charge in [-0.2, -0.15) is 0 Å². The summed E-state index contributed by atoms with van der Waals surface area (Å²) in [5.74, 6) is -0.472. The molecule has 2 aromatic rings. The van der Waals surface area contributed by atoms with Gasteiger partial charge in [0.15, 0.2) is 0 Å². The molecule has 5 nitrogen and oxygen atoms in total. The van der Waals surface area contributed by atoms with Gasteiger partial charge in [0.2, 0.25) is 5.91 Å². The predicted octanol–water partition coefficient (Wildman–Crippen LogP) is 3.16. The van der Waals surface area contributed by atoms with E-state index in [1.807, 2.05) is 30.3 Å². The molecule has 0 spiro atoms. The van der Waals surface area contributed by atoms with E-state index in [0.29, 0.717) is 16.3 Å². The Morgan fingerprint density at radius 2 is 2.00 bits per heavy atom. The molecule has 0 atom stereocenters. The molecule has 0 aliphatic carbocycles. The lowest BCUT2D eigenvalue weighted by Gasteiger charge is -2.05. The summed E-state index contributed by atoms with van der Waals surface area (Å²) in [7, 11) is 0. The first-order valence-corrected chi connectivity index (χ1v) is 7.19. The smallest absolute Gasteiger partial charge is 0.346 e. The van der Waals surface area contributed by atoms with E-state index in [1.165, 1.54) is 0 Å². The van der Waals surface area contributed by atoms with Crippen molar-refractivity contribution in [3.63, 3.8) is 0 Å². The molecule has 2 rings (SSSR count). The molecule has 1 amide bonds. The monoisotopic (exact) mass is 305 g/mol. The molecule has 21 heavy (non-hydrogen) atoms. The number of carbonyl (C=O) groups is 2. The number of para-hydroxylation sites is 1. The molecular weight excluding hydrogens is 290 g/mol. The van der Waals surface area contributed by atoms with Gasteiger partial charge in [0, 0.05) is 0 Å². The minimum absolute atomic E-state index is 0.203. The van der Waals surface area contributed by atoms with Crippen molar-refractivity contribution in [2.45, 2.75) is 13.3 Å². The van der Waals surface area contributed by atoms with Crippen LogP contribution in [0.5, 0.6) is 5.75 Å². The fourth-order valence-electron chi connectivity index (χ4n) is 1.73. The van der Waals surface area contributed by atoms with Crippen molar-refractivity contribution in [1.82, 2.24) is 0 Å². The molecule has 2 N–H and O–H groups in total. The number of amides is 1. The van der Waals surface area contributed by atoms with Crippen molar-refractivity contribution < 1.29 is 19.4 Å². The zero-order chi connectivity index (χ0) is 15.2. The largest absolute Gasteiger partial charge is 0.493 e. The molecule has 1 heterocycles. The number of hydrogen-bond donors (Lipinski definition) is 2. The lowest BCUT2D eigenvalue weighted by molar-refractivity contribution is -0.116. The highest BCUT2D eigenvalue weighted by molar-refractivity contribution is 7.18. The fraction of sp³-hybridized carbons (Fsp3) is 0.200. The highest BCUT2D eigenvalue weighted by atomic mass is 32.1. The summed E-state index contributed by atoms with van der Waals surface area (Å²) < 4.78 is 5.43. The number of carbonyl (C=O) groups excluding carboxylic acids is 1. The highest BCUT2D eigenvalue weighted by Crippen LogP contribution is 2.26. The number of thiophene rings is 1. The van der Waals surface area contributed by atoms with Crippen LogP contribution in [0, 0.1) is 6.92 Å². The maximum Gasteiger partial charge on any atom is 0.346 e. The second kappa shape index (κ2) is 6.90. The van der Waals surface area contributed by atoms with Gasteiger partial charge < -0.3 is 15.2 Å². The molecule has 0 saturated carbocycles. The van der Waals surface area contributed by atoms with E-state index < -0.39 is 5.97 Å². The number of anilines is 1. The predicted molar refractivity (Wildman–Crippen MR) is 81.2 cm³/mol. The molecule has 0 saturated heterocycles. The van der Waals surface area contributed by atoms with Crippen molar-refractivity contribution >= 4 is 28.2 Å². The number of benzene rings is 1. The summed E-state index contributed by atoms with van der Waals surface area (Å²) in [5.41, 5.74) is 0.642. The Kier molecular flexibility index (Phi) is 4.94. The molecule has 0 radical (unpaired) electrons. The molecule has 0 bridgehead atoms. The summed E-state index contributed by atoms with van der Waals surface area (Å²) in [6.07, 6.45) is 0.203. The van der Waals surface area contributed by atoms with Crippen molar-refractivity contribution in [2.24, 2.45) is 0 Å². The van der Waals surface area contributed by atoms with E-state index in [9.17, 15) is 9.59 Å². The fourth-order valence-corrected chi connectivity index (χ4v) is 2.66. The van der Waals surface area contributed by atoms with Crippen LogP contribution in [0.1, 0.15) is 21.7 Å². The van der Waals surface area contributed by atoms with Crippen LogP contribution in [-0.4, -0.2) is 23.6 Å². The first-order chi connectivity index (χ1) is 10.1. The number of rotatable bonds is 6. The number of hydrogen-bond acceptors (Lipinski definition) is 4. The lowest BCUT2D eigenvalue weighted by atomic mass is 10.3. The van der Waals surface area contributed by atoms with Crippen molar-refractivity contribution in [3.8, 4) is 5.75 Å². The van der Waals surface area contributed by atoms with Crippen LogP contribution in [0.2, 0.25) is 0 Å². The molecule has 0 unspecified atom stereocenters. The third-order valence-corrected chi connectivity index (χ3v) is 3.86. The van der Waals surface area contributed by atoms with Crippen LogP contribution in [0.25, 0.3) is 0 Å². The number of aryl methyl sites for hydroxylation is 1. The van der Waals surface area contributed by atoms with Gasteiger partial charge in [-0.25, -0.2) is 4.79 Å². The Morgan fingerprint density at radius 1 is 1.29 bits per heavy atom. The van der Waals surface area contributed by atoms with Crippen LogP contribution in [-0.2, 0) is 4.79 Å². The SMILES string of the molecule is Cc1cc(NC(=O)CCOc2ccccc2)sc1C(=O)O. The molecular formula is C15H15NO4S. The minimum atomic E-state index is -0.981. The zero-order valence-electron chi connectivity index (χ0n) is 11.5. The van der Waals surface area contributed by atoms with Gasteiger partial charge >= 0.3 is 5.97 Å². The van der Waals surface area contributed by atoms with Gasteiger partial charge in [-0.05, 0) is 30.7 Å². The summed E-state index contributed by atoms with van der Waals surface area (Å²) in [6.45, 7) is 1.97. The van der Waals surface area contributed by atoms with Crippen LogP contribution < -0.4 is 10.1 Å². The van der Waals surface area contributed by atoms with Crippen molar-refractivity contribution in [3.05, 3.63) is 46.8 Å². The Hall–Kier alpha value is -2.34. The number of carboxylic acid groups (broad SMARTS) is 1. The van der Waals surface area contributed by atoms with Crippen LogP contribution >= 0.6 is 11.3 Å². The topological polar surface area (TPSA) is 75.6 Å². The van der Waals surface area contributed by atoms with E-state index in [2.05, 4.69) is 5.32 Å². The molecule has 6 heteroatoms. The number of ether oxygens (including phenoxy) is 1. The van der Waals surface area contributed by atoms with E-state index in [1.54, 1.807) is 13.0 Å². The van der Waals surface area contributed by atoms with Crippen LogP contribution in [0.15, 0.2) is 36.4 Å². The Balaban J connectivity index is 1.82. The van der Waals surface area contributed by atoms with Gasteiger partial charge in [0.05, 0.1) is 18.0 Å². The number of carboxylic acids is 1. The average molecular weight is 305 g/mol. The summed E-state index contributed by atoms with van der Waals surface area (Å²) in [5, 5.41) is 12.2. The standard InChI is InChI=1S/C15H15NO4S/c1-10-9-13(21-14(10)15(18)19)16-12(17)7-8-20-11-5-3-2-4-6-11/h2-6,9H,7-8H2,1H3,(H,16,17)(H,18,19). The van der Waals surface area contributed by atoms with E-state index in [4.69, 9.17) is 9.84 Å².